The molecule has 1 aromatic rings. The Morgan fingerprint density at radius 1 is 1.70 bits per heavy atom. The van der Waals surface area contributed by atoms with Gasteiger partial charge in [0.15, 0.2) is 6.29 Å². The molecule has 1 rings (SSSR count). The van der Waals surface area contributed by atoms with E-state index in [-0.39, 0.29) is 0 Å². The van der Waals surface area contributed by atoms with Crippen molar-refractivity contribution in [2.45, 2.75) is 6.42 Å². The lowest BCUT2D eigenvalue weighted by molar-refractivity contribution is 0.111. The third-order valence-corrected chi connectivity index (χ3v) is 1.27. The molecule has 0 amide bonds. The van der Waals surface area contributed by atoms with Crippen molar-refractivity contribution in [2.75, 3.05) is 0 Å². The van der Waals surface area contributed by atoms with Gasteiger partial charge in [-0.25, -0.2) is 0 Å². The van der Waals surface area contributed by atoms with Gasteiger partial charge in [-0.2, -0.15) is 0 Å². The predicted octanol–water partition coefficient (Wildman–Crippen LogP) is 1.56. The van der Waals surface area contributed by atoms with Crippen LogP contribution in [0, 0.1) is 0 Å². The van der Waals surface area contributed by atoms with Gasteiger partial charge in [-0.15, -0.1) is 6.58 Å². The quantitative estimate of drug-likeness (QED) is 0.495. The highest BCUT2D eigenvalue weighted by molar-refractivity contribution is 5.72. The molecular weight excluding hydrogens is 126 g/mol. The number of aldehydes is 1. The molecule has 0 aliphatic heterocycles. The second-order valence-corrected chi connectivity index (χ2v) is 2.07. The van der Waals surface area contributed by atoms with Crippen molar-refractivity contribution in [3.8, 4) is 0 Å². The number of rotatable bonds is 3. The lowest BCUT2D eigenvalue weighted by Gasteiger charge is -1.82. The average Bonchev–Trinajstić information content (AvgIpc) is 2.37. The minimum Gasteiger partial charge on any atom is -0.359 e. The van der Waals surface area contributed by atoms with Crippen LogP contribution in [-0.4, -0.2) is 11.3 Å². The van der Waals surface area contributed by atoms with Crippen LogP contribution in [0.5, 0.6) is 0 Å². The first-order valence-corrected chi connectivity index (χ1v) is 3.10. The van der Waals surface area contributed by atoms with Crippen LogP contribution in [0.3, 0.4) is 0 Å². The Bertz CT molecular complexity index is 237. The van der Waals surface area contributed by atoms with Crippen LogP contribution in [0.25, 0.3) is 0 Å². The molecule has 10 heavy (non-hydrogen) atoms. The van der Waals surface area contributed by atoms with Gasteiger partial charge >= 0.3 is 0 Å². The van der Waals surface area contributed by atoms with E-state index >= 15 is 0 Å². The summed E-state index contributed by atoms with van der Waals surface area (Å²) in [7, 11) is 0. The van der Waals surface area contributed by atoms with Crippen LogP contribution >= 0.6 is 0 Å². The third-order valence-electron chi connectivity index (χ3n) is 1.27. The number of hydrogen-bond donors (Lipinski definition) is 1. The summed E-state index contributed by atoms with van der Waals surface area (Å²) < 4.78 is 0. The SMILES string of the molecule is C=CCc1c[nH]c(C=O)c1. The monoisotopic (exact) mass is 135 g/mol. The summed E-state index contributed by atoms with van der Waals surface area (Å²) in [5.41, 5.74) is 1.72. The third kappa shape index (κ3) is 1.35. The van der Waals surface area contributed by atoms with E-state index in [1.165, 1.54) is 0 Å². The van der Waals surface area contributed by atoms with Gasteiger partial charge < -0.3 is 4.98 Å². The van der Waals surface area contributed by atoms with Crippen molar-refractivity contribution in [2.24, 2.45) is 0 Å². The predicted molar refractivity (Wildman–Crippen MR) is 40.1 cm³/mol. The summed E-state index contributed by atoms with van der Waals surface area (Å²) in [6.07, 6.45) is 5.22. The first kappa shape index (κ1) is 6.81. The average molecular weight is 135 g/mol. The standard InChI is InChI=1S/C8H9NO/c1-2-3-7-4-8(6-10)9-5-7/h2,4-6,9H,1,3H2. The van der Waals surface area contributed by atoms with Gasteiger partial charge in [0.05, 0.1) is 5.69 Å². The number of nitrogens with one attached hydrogen (secondary N) is 1. The van der Waals surface area contributed by atoms with E-state index in [2.05, 4.69) is 11.6 Å². The topological polar surface area (TPSA) is 32.9 Å². The fraction of sp³-hybridized carbons (Fsp3) is 0.125. The van der Waals surface area contributed by atoms with Crippen LogP contribution in [0.1, 0.15) is 16.1 Å². The van der Waals surface area contributed by atoms with E-state index in [0.717, 1.165) is 18.3 Å². The Labute approximate surface area is 59.6 Å². The summed E-state index contributed by atoms with van der Waals surface area (Å²) in [6.45, 7) is 3.59. The molecule has 0 aromatic carbocycles. The van der Waals surface area contributed by atoms with Crippen molar-refractivity contribution in [1.29, 1.82) is 0 Å². The lowest BCUT2D eigenvalue weighted by Crippen LogP contribution is -1.74. The van der Waals surface area contributed by atoms with Gasteiger partial charge in [-0.3, -0.25) is 4.79 Å². The van der Waals surface area contributed by atoms with Gasteiger partial charge in [0.2, 0.25) is 0 Å². The second kappa shape index (κ2) is 3.01. The number of H-pyrrole nitrogens is 1. The maximum absolute atomic E-state index is 10.2. The van der Waals surface area contributed by atoms with Crippen molar-refractivity contribution >= 4 is 6.29 Å². The largest absolute Gasteiger partial charge is 0.359 e. The minimum atomic E-state index is 0.622. The van der Waals surface area contributed by atoms with Crippen molar-refractivity contribution in [1.82, 2.24) is 4.98 Å². The van der Waals surface area contributed by atoms with E-state index in [1.807, 2.05) is 12.3 Å². The van der Waals surface area contributed by atoms with Gasteiger partial charge in [0.1, 0.15) is 0 Å². The summed E-state index contributed by atoms with van der Waals surface area (Å²) >= 11 is 0. The Kier molecular flexibility index (Phi) is 2.05. The smallest absolute Gasteiger partial charge is 0.166 e. The fourth-order valence-electron chi connectivity index (χ4n) is 0.812. The molecule has 1 aromatic heterocycles. The molecule has 0 spiro atoms. The molecule has 0 bridgehead atoms. The summed E-state index contributed by atoms with van der Waals surface area (Å²) in [5.74, 6) is 0. The lowest BCUT2D eigenvalue weighted by atomic mass is 10.2. The van der Waals surface area contributed by atoms with E-state index in [9.17, 15) is 4.79 Å². The molecule has 0 unspecified atom stereocenters. The van der Waals surface area contributed by atoms with Gasteiger partial charge in [-0.05, 0) is 18.1 Å². The summed E-state index contributed by atoms with van der Waals surface area (Å²) in [4.78, 5) is 13.0. The number of allylic oxidation sites excluding steroid dienone is 1. The molecule has 52 valence electrons. The highest BCUT2D eigenvalue weighted by atomic mass is 16.1. The highest BCUT2D eigenvalue weighted by Crippen LogP contribution is 2.01. The Balaban J connectivity index is 2.77. The highest BCUT2D eigenvalue weighted by Gasteiger charge is 1.93. The van der Waals surface area contributed by atoms with Gasteiger partial charge in [0, 0.05) is 6.20 Å². The molecule has 0 saturated heterocycles. The number of carbonyl (C=O) groups is 1. The van der Waals surface area contributed by atoms with E-state index < -0.39 is 0 Å². The zero-order chi connectivity index (χ0) is 7.40. The molecule has 1 N–H and O–H groups in total. The number of aromatic nitrogens is 1. The molecule has 0 atom stereocenters. The number of carbonyl (C=O) groups excluding carboxylic acids is 1. The zero-order valence-electron chi connectivity index (χ0n) is 5.63. The Hall–Kier alpha value is -1.31. The van der Waals surface area contributed by atoms with Crippen LogP contribution in [0.15, 0.2) is 24.9 Å². The first-order valence-electron chi connectivity index (χ1n) is 3.10. The molecule has 0 saturated carbocycles. The number of hydrogen-bond acceptors (Lipinski definition) is 1. The zero-order valence-corrected chi connectivity index (χ0v) is 5.63. The summed E-state index contributed by atoms with van der Waals surface area (Å²) in [6, 6.07) is 1.81. The van der Waals surface area contributed by atoms with E-state index in [4.69, 9.17) is 0 Å². The van der Waals surface area contributed by atoms with Crippen LogP contribution in [-0.2, 0) is 6.42 Å². The Morgan fingerprint density at radius 3 is 3.00 bits per heavy atom. The normalized spacial score (nSPS) is 9.20. The molecule has 2 heteroatoms. The van der Waals surface area contributed by atoms with Crippen molar-refractivity contribution in [3.63, 3.8) is 0 Å². The van der Waals surface area contributed by atoms with Crippen molar-refractivity contribution < 1.29 is 4.79 Å². The fourth-order valence-corrected chi connectivity index (χ4v) is 0.812. The van der Waals surface area contributed by atoms with Gasteiger partial charge in [-0.1, -0.05) is 6.08 Å². The molecule has 0 aliphatic carbocycles. The number of aromatic amines is 1. The molecule has 0 aliphatic rings. The van der Waals surface area contributed by atoms with E-state index in [0.29, 0.717) is 5.69 Å². The van der Waals surface area contributed by atoms with Crippen molar-refractivity contribution in [3.05, 3.63) is 36.2 Å². The van der Waals surface area contributed by atoms with Crippen LogP contribution < -0.4 is 0 Å². The van der Waals surface area contributed by atoms with Crippen LogP contribution in [0.4, 0.5) is 0 Å². The van der Waals surface area contributed by atoms with E-state index in [1.54, 1.807) is 6.08 Å². The maximum Gasteiger partial charge on any atom is 0.166 e. The maximum atomic E-state index is 10.2. The molecule has 0 fully saturated rings. The van der Waals surface area contributed by atoms with Gasteiger partial charge in [0.25, 0.3) is 0 Å². The van der Waals surface area contributed by atoms with Crippen LogP contribution in [0.2, 0.25) is 0 Å². The Morgan fingerprint density at radius 2 is 2.50 bits per heavy atom. The molecular formula is C8H9NO. The first-order chi connectivity index (χ1) is 4.86. The minimum absolute atomic E-state index is 0.622. The molecule has 0 radical (unpaired) electrons. The molecule has 1 heterocycles. The summed E-state index contributed by atoms with van der Waals surface area (Å²) in [5, 5.41) is 0. The molecule has 2 nitrogen and oxygen atoms in total. The second-order valence-electron chi connectivity index (χ2n) is 2.07.